The molecule has 2 aliphatic heterocycles. The summed E-state index contributed by atoms with van der Waals surface area (Å²) in [6.07, 6.45) is 3.12. The highest BCUT2D eigenvalue weighted by Gasteiger charge is 2.41. The van der Waals surface area contributed by atoms with Gasteiger partial charge in [0.1, 0.15) is 18.9 Å². The average Bonchev–Trinajstić information content (AvgIpc) is 3.21. The lowest BCUT2D eigenvalue weighted by atomic mass is 9.99. The second kappa shape index (κ2) is 8.69. The number of hydrazone groups is 1. The molecule has 2 aromatic rings. The number of aryl methyl sites for hydroxylation is 1. The summed E-state index contributed by atoms with van der Waals surface area (Å²) >= 11 is 0. The number of fused-ring (bicyclic) bond motifs is 1. The highest BCUT2D eigenvalue weighted by atomic mass is 16.2. The minimum atomic E-state index is -0.415. The minimum absolute atomic E-state index is 0.00871. The van der Waals surface area contributed by atoms with Gasteiger partial charge >= 0.3 is 0 Å². The van der Waals surface area contributed by atoms with Crippen LogP contribution in [0.5, 0.6) is 0 Å². The summed E-state index contributed by atoms with van der Waals surface area (Å²) in [5, 5.41) is 9.77. The number of nitrogens with one attached hydrogen (secondary N) is 2. The van der Waals surface area contributed by atoms with Crippen molar-refractivity contribution in [3.8, 4) is 0 Å². The predicted octanol–water partition coefficient (Wildman–Crippen LogP) is 2.50. The van der Waals surface area contributed by atoms with Gasteiger partial charge in [-0.15, -0.1) is 0 Å². The maximum Gasteiger partial charge on any atom is 0.267 e. The van der Waals surface area contributed by atoms with E-state index in [4.69, 9.17) is 0 Å². The van der Waals surface area contributed by atoms with Gasteiger partial charge in [-0.25, -0.2) is 10.4 Å². The number of nitrogens with zero attached hydrogens (tertiary/aromatic N) is 3. The zero-order valence-electron chi connectivity index (χ0n) is 17.5. The van der Waals surface area contributed by atoms with Crippen molar-refractivity contribution in [3.05, 3.63) is 65.2 Å². The van der Waals surface area contributed by atoms with E-state index in [0.29, 0.717) is 17.7 Å². The molecule has 2 N–H and O–H groups in total. The van der Waals surface area contributed by atoms with Crippen LogP contribution in [-0.4, -0.2) is 46.5 Å². The molecule has 0 aromatic heterocycles. The van der Waals surface area contributed by atoms with Gasteiger partial charge in [0, 0.05) is 11.3 Å². The zero-order chi connectivity index (χ0) is 22.0. The Morgan fingerprint density at radius 3 is 2.68 bits per heavy atom. The summed E-state index contributed by atoms with van der Waals surface area (Å²) in [5.41, 5.74) is 6.71. The number of hydrogen-bond acceptors (Lipinski definition) is 6. The third kappa shape index (κ3) is 4.49. The van der Waals surface area contributed by atoms with E-state index in [0.717, 1.165) is 12.0 Å². The van der Waals surface area contributed by atoms with Crippen molar-refractivity contribution in [2.24, 2.45) is 5.10 Å². The lowest BCUT2D eigenvalue weighted by molar-refractivity contribution is -0.139. The first kappa shape index (κ1) is 20.7. The van der Waals surface area contributed by atoms with Crippen molar-refractivity contribution in [1.82, 2.24) is 15.4 Å². The smallest absolute Gasteiger partial charge is 0.267 e. The summed E-state index contributed by atoms with van der Waals surface area (Å²) < 4.78 is 0. The van der Waals surface area contributed by atoms with E-state index in [1.54, 1.807) is 35.6 Å². The first-order valence-electron chi connectivity index (χ1n) is 10.3. The monoisotopic (exact) mass is 419 g/mol. The Bertz CT molecular complexity index is 1030. The topological polar surface area (TPSA) is 94.1 Å². The lowest BCUT2D eigenvalue weighted by Gasteiger charge is -2.29. The van der Waals surface area contributed by atoms with Gasteiger partial charge in [-0.05, 0) is 43.0 Å². The number of rotatable bonds is 6. The molecule has 2 atom stereocenters. The molecule has 2 unspecified atom stereocenters. The molecule has 8 heteroatoms. The standard InChI is InChI=1S/C23H25N5O3/c1-3-16-7-9-17(10-8-16)20-12-21-23(31)27(24-14-28(21)26-20)13-22(30)25-19-6-4-5-18(11-19)15(2)29/h4-11,14,20-21,26H,3,12-13H2,1-2H3,(H,25,30). The molecule has 31 heavy (non-hydrogen) atoms. The maximum absolute atomic E-state index is 12.9. The summed E-state index contributed by atoms with van der Waals surface area (Å²) in [6, 6.07) is 14.6. The van der Waals surface area contributed by atoms with Crippen molar-refractivity contribution in [2.75, 3.05) is 11.9 Å². The van der Waals surface area contributed by atoms with Crippen molar-refractivity contribution in [1.29, 1.82) is 0 Å². The third-order valence-corrected chi connectivity index (χ3v) is 5.59. The predicted molar refractivity (Wildman–Crippen MR) is 117 cm³/mol. The Morgan fingerprint density at radius 2 is 1.97 bits per heavy atom. The van der Waals surface area contributed by atoms with Crippen LogP contribution >= 0.6 is 0 Å². The van der Waals surface area contributed by atoms with E-state index < -0.39 is 6.04 Å². The average molecular weight is 419 g/mol. The number of anilines is 1. The Kier molecular flexibility index (Phi) is 5.81. The molecule has 1 fully saturated rings. The van der Waals surface area contributed by atoms with Crippen LogP contribution in [0.2, 0.25) is 0 Å². The van der Waals surface area contributed by atoms with Gasteiger partial charge in [-0.2, -0.15) is 5.10 Å². The zero-order valence-corrected chi connectivity index (χ0v) is 17.5. The molecule has 2 aromatic carbocycles. The Labute approximate surface area is 180 Å². The van der Waals surface area contributed by atoms with Gasteiger partial charge < -0.3 is 5.32 Å². The molecule has 1 saturated heterocycles. The number of carbonyl (C=O) groups excluding carboxylic acids is 3. The van der Waals surface area contributed by atoms with E-state index >= 15 is 0 Å². The van der Waals surface area contributed by atoms with Gasteiger partial charge in [0.15, 0.2) is 5.78 Å². The van der Waals surface area contributed by atoms with Gasteiger partial charge in [0.25, 0.3) is 5.91 Å². The van der Waals surface area contributed by atoms with Gasteiger partial charge in [-0.3, -0.25) is 19.4 Å². The number of amides is 2. The summed E-state index contributed by atoms with van der Waals surface area (Å²) in [6.45, 7) is 3.39. The molecule has 0 spiro atoms. The molecule has 0 radical (unpaired) electrons. The van der Waals surface area contributed by atoms with Crippen molar-refractivity contribution < 1.29 is 14.4 Å². The second-order valence-corrected chi connectivity index (χ2v) is 7.75. The van der Waals surface area contributed by atoms with Gasteiger partial charge in [0.05, 0.1) is 6.04 Å². The third-order valence-electron chi connectivity index (χ3n) is 5.59. The number of hydrazine groups is 1. The fourth-order valence-corrected chi connectivity index (χ4v) is 3.81. The molecular formula is C23H25N5O3. The van der Waals surface area contributed by atoms with Crippen LogP contribution in [0, 0.1) is 0 Å². The van der Waals surface area contributed by atoms with Crippen molar-refractivity contribution in [3.63, 3.8) is 0 Å². The Hall–Kier alpha value is -3.52. The number of Topliss-reactive ketones (excluding diaryl/α,β-unsaturated/α-hetero) is 1. The summed E-state index contributed by atoms with van der Waals surface area (Å²) in [7, 11) is 0. The van der Waals surface area contributed by atoms with Gasteiger partial charge in [-0.1, -0.05) is 43.3 Å². The molecule has 160 valence electrons. The van der Waals surface area contributed by atoms with E-state index in [2.05, 4.69) is 47.0 Å². The first-order chi connectivity index (χ1) is 14.9. The second-order valence-electron chi connectivity index (χ2n) is 7.75. The van der Waals surface area contributed by atoms with Crippen LogP contribution in [0.15, 0.2) is 53.6 Å². The fraction of sp³-hybridized carbons (Fsp3) is 0.304. The number of ketones is 1. The molecule has 2 heterocycles. The first-order valence-corrected chi connectivity index (χ1v) is 10.3. The minimum Gasteiger partial charge on any atom is -0.324 e. The van der Waals surface area contributed by atoms with E-state index in [9.17, 15) is 14.4 Å². The summed E-state index contributed by atoms with van der Waals surface area (Å²) in [4.78, 5) is 36.9. The van der Waals surface area contributed by atoms with Crippen LogP contribution in [0.4, 0.5) is 5.69 Å². The molecule has 2 aliphatic rings. The molecule has 0 bridgehead atoms. The number of benzene rings is 2. The van der Waals surface area contributed by atoms with Crippen LogP contribution in [0.25, 0.3) is 0 Å². The van der Waals surface area contributed by atoms with Crippen molar-refractivity contribution >= 4 is 29.6 Å². The molecule has 8 nitrogen and oxygen atoms in total. The van der Waals surface area contributed by atoms with Crippen LogP contribution in [-0.2, 0) is 16.0 Å². The quantitative estimate of drug-likeness (QED) is 0.702. The molecule has 4 rings (SSSR count). The molecule has 0 saturated carbocycles. The number of carbonyl (C=O) groups is 3. The lowest BCUT2D eigenvalue weighted by Crippen LogP contribution is -2.52. The van der Waals surface area contributed by atoms with Crippen LogP contribution in [0.3, 0.4) is 0 Å². The summed E-state index contributed by atoms with van der Waals surface area (Å²) in [5.74, 6) is -0.688. The SMILES string of the molecule is CCc1ccc(C2CC3C(=O)N(CC(=O)Nc4cccc(C(C)=O)c4)N=CN3N2)cc1. The van der Waals surface area contributed by atoms with Gasteiger partial charge in [0.2, 0.25) is 5.91 Å². The largest absolute Gasteiger partial charge is 0.324 e. The molecule has 0 aliphatic carbocycles. The van der Waals surface area contributed by atoms with E-state index in [-0.39, 0.29) is 30.2 Å². The molecular weight excluding hydrogens is 394 g/mol. The van der Waals surface area contributed by atoms with E-state index in [1.807, 2.05) is 0 Å². The van der Waals surface area contributed by atoms with E-state index in [1.165, 1.54) is 17.5 Å². The van der Waals surface area contributed by atoms with Crippen LogP contribution in [0.1, 0.15) is 47.8 Å². The highest BCUT2D eigenvalue weighted by Crippen LogP contribution is 2.29. The normalized spacial score (nSPS) is 20.0. The fourth-order valence-electron chi connectivity index (χ4n) is 3.81. The number of hydrogen-bond donors (Lipinski definition) is 2. The highest BCUT2D eigenvalue weighted by molar-refractivity contribution is 5.99. The Morgan fingerprint density at radius 1 is 1.19 bits per heavy atom. The maximum atomic E-state index is 12.9. The van der Waals surface area contributed by atoms with Crippen LogP contribution < -0.4 is 10.7 Å². The Balaban J connectivity index is 1.38. The molecule has 2 amide bonds. The van der Waals surface area contributed by atoms with Crippen molar-refractivity contribution in [2.45, 2.75) is 38.8 Å².